The maximum atomic E-state index is 3.57. The van der Waals surface area contributed by atoms with Gasteiger partial charge in [0.1, 0.15) is 6.04 Å². The minimum atomic E-state index is -0.0328. The van der Waals surface area contributed by atoms with E-state index in [4.69, 9.17) is 0 Å². The zero-order valence-corrected chi connectivity index (χ0v) is 17.4. The molecular formula is C31H19N. The van der Waals surface area contributed by atoms with Crippen molar-refractivity contribution in [2.24, 2.45) is 0 Å². The fourth-order valence-corrected chi connectivity index (χ4v) is 5.40. The number of para-hydroxylation sites is 1. The summed E-state index contributed by atoms with van der Waals surface area (Å²) < 4.78 is 0. The molecule has 2 aliphatic rings. The Labute approximate surface area is 187 Å². The molecule has 0 saturated carbocycles. The molecule has 0 saturated heterocycles. The maximum absolute atomic E-state index is 3.57. The summed E-state index contributed by atoms with van der Waals surface area (Å²) >= 11 is 0. The highest BCUT2D eigenvalue weighted by Crippen LogP contribution is 2.53. The van der Waals surface area contributed by atoms with E-state index in [0.29, 0.717) is 0 Å². The van der Waals surface area contributed by atoms with Crippen molar-refractivity contribution in [1.29, 1.82) is 0 Å². The van der Waals surface area contributed by atoms with E-state index in [1.807, 2.05) is 0 Å². The molecule has 1 nitrogen and oxygen atoms in total. The van der Waals surface area contributed by atoms with Gasteiger partial charge in [-0.05, 0) is 38.7 Å². The molecule has 2 heterocycles. The number of anilines is 1. The number of benzene rings is 5. The van der Waals surface area contributed by atoms with Gasteiger partial charge in [0, 0.05) is 17.2 Å². The number of fused-ring (bicyclic) bond motifs is 11. The zero-order valence-electron chi connectivity index (χ0n) is 17.4. The van der Waals surface area contributed by atoms with Gasteiger partial charge in [-0.2, -0.15) is 0 Å². The van der Waals surface area contributed by atoms with Crippen LogP contribution in [0.15, 0.2) is 109 Å². The van der Waals surface area contributed by atoms with E-state index in [9.17, 15) is 0 Å². The molecule has 0 aliphatic carbocycles. The third-order valence-corrected chi connectivity index (χ3v) is 6.70. The molecule has 0 fully saturated rings. The van der Waals surface area contributed by atoms with Crippen LogP contribution < -0.4 is 4.90 Å². The summed E-state index contributed by atoms with van der Waals surface area (Å²) in [6, 6.07) is 36.9. The molecule has 0 amide bonds. The first-order chi connectivity index (χ1) is 15.9. The largest absolute Gasteiger partial charge is 0.321 e. The van der Waals surface area contributed by atoms with Gasteiger partial charge in [0.15, 0.2) is 0 Å². The smallest absolute Gasteiger partial charge is 0.122 e. The Balaban J connectivity index is 1.64. The van der Waals surface area contributed by atoms with Gasteiger partial charge in [0.25, 0.3) is 0 Å². The van der Waals surface area contributed by atoms with Crippen LogP contribution in [0.3, 0.4) is 0 Å². The molecule has 1 heteroatoms. The van der Waals surface area contributed by atoms with Gasteiger partial charge in [-0.1, -0.05) is 109 Å². The molecule has 0 radical (unpaired) electrons. The summed E-state index contributed by atoms with van der Waals surface area (Å²) in [5.74, 6) is 6.94. The minimum absolute atomic E-state index is 0.0328. The second kappa shape index (κ2) is 6.61. The fourth-order valence-electron chi connectivity index (χ4n) is 5.40. The molecule has 7 rings (SSSR count). The molecule has 5 aromatic carbocycles. The maximum Gasteiger partial charge on any atom is 0.122 e. The highest BCUT2D eigenvalue weighted by atomic mass is 15.2. The third-order valence-electron chi connectivity index (χ3n) is 6.70. The van der Waals surface area contributed by atoms with Gasteiger partial charge in [-0.15, -0.1) is 0 Å². The number of rotatable bonds is 1. The Morgan fingerprint density at radius 2 is 1.22 bits per heavy atom. The lowest BCUT2D eigenvalue weighted by Crippen LogP contribution is -2.31. The van der Waals surface area contributed by atoms with Crippen molar-refractivity contribution < 1.29 is 0 Å². The van der Waals surface area contributed by atoms with Crippen LogP contribution in [0.2, 0.25) is 0 Å². The summed E-state index contributed by atoms with van der Waals surface area (Å²) in [5, 5.41) is 5.17. The van der Waals surface area contributed by atoms with Crippen molar-refractivity contribution in [2.45, 2.75) is 6.04 Å². The summed E-state index contributed by atoms with van der Waals surface area (Å²) in [6.07, 6.45) is 2.07. The predicted molar refractivity (Wildman–Crippen MR) is 134 cm³/mol. The summed E-state index contributed by atoms with van der Waals surface area (Å²) in [6.45, 7) is 0. The number of hydrogen-bond acceptors (Lipinski definition) is 1. The highest BCUT2D eigenvalue weighted by molar-refractivity contribution is 6.18. The number of hydrogen-bond donors (Lipinski definition) is 0. The Hall–Kier alpha value is -4.28. The van der Waals surface area contributed by atoms with Crippen LogP contribution in [0.1, 0.15) is 17.2 Å². The number of allylic oxidation sites excluding steroid dienone is 1. The lowest BCUT2D eigenvalue weighted by molar-refractivity contribution is 0.878. The lowest BCUT2D eigenvalue weighted by Gasteiger charge is -2.41. The molecule has 148 valence electrons. The summed E-state index contributed by atoms with van der Waals surface area (Å²) in [7, 11) is 0. The third kappa shape index (κ3) is 2.30. The average molecular weight is 406 g/mol. The first kappa shape index (κ1) is 17.4. The van der Waals surface area contributed by atoms with Crippen molar-refractivity contribution in [1.82, 2.24) is 0 Å². The van der Waals surface area contributed by atoms with E-state index in [2.05, 4.69) is 126 Å². The van der Waals surface area contributed by atoms with E-state index in [1.54, 1.807) is 0 Å². The van der Waals surface area contributed by atoms with Crippen LogP contribution in [-0.4, -0.2) is 0 Å². The van der Waals surface area contributed by atoms with Crippen LogP contribution in [0.4, 0.5) is 5.69 Å². The van der Waals surface area contributed by atoms with Gasteiger partial charge < -0.3 is 4.90 Å². The average Bonchev–Trinajstić information content (AvgIpc) is 2.88. The zero-order chi connectivity index (χ0) is 21.1. The molecule has 0 aromatic heterocycles. The van der Waals surface area contributed by atoms with Crippen LogP contribution in [0.5, 0.6) is 0 Å². The summed E-state index contributed by atoms with van der Waals surface area (Å²) in [4.78, 5) is 2.44. The van der Waals surface area contributed by atoms with Crippen LogP contribution in [0, 0.1) is 11.8 Å². The Morgan fingerprint density at radius 3 is 2.03 bits per heavy atom. The van der Waals surface area contributed by atoms with Crippen molar-refractivity contribution in [3.63, 3.8) is 0 Å². The van der Waals surface area contributed by atoms with Crippen LogP contribution in [-0.2, 0) is 0 Å². The molecular weight excluding hydrogens is 386 g/mol. The van der Waals surface area contributed by atoms with E-state index in [-0.39, 0.29) is 6.04 Å². The Kier molecular flexibility index (Phi) is 3.59. The van der Waals surface area contributed by atoms with Crippen molar-refractivity contribution in [3.05, 3.63) is 120 Å². The van der Waals surface area contributed by atoms with E-state index < -0.39 is 0 Å². The standard InChI is InChI=1S/C31H19N/c1-2-11-21(12-3-1)27-19-10-20-29-31-25-16-7-5-14-23(25)22-13-4-6-15-24(22)30(31)26-17-8-9-18-28(26)32(27)29/h1-9,11-19,29H. The SMILES string of the molecule is C1#CC2c3c(c4ccccc4c4ccccc34)-c3ccccc3N2C(c2ccccc2)=C1. The predicted octanol–water partition coefficient (Wildman–Crippen LogP) is 7.58. The van der Waals surface area contributed by atoms with Gasteiger partial charge in [-0.3, -0.25) is 0 Å². The summed E-state index contributed by atoms with van der Waals surface area (Å²) in [5.41, 5.74) is 7.46. The second-order valence-electron chi connectivity index (χ2n) is 8.35. The topological polar surface area (TPSA) is 3.24 Å². The van der Waals surface area contributed by atoms with Crippen molar-refractivity contribution in [2.75, 3.05) is 4.90 Å². The minimum Gasteiger partial charge on any atom is -0.321 e. The molecule has 2 aliphatic heterocycles. The molecule has 0 N–H and O–H groups in total. The molecule has 1 atom stereocenters. The Morgan fingerprint density at radius 1 is 0.594 bits per heavy atom. The van der Waals surface area contributed by atoms with Crippen molar-refractivity contribution in [3.8, 4) is 23.0 Å². The molecule has 0 bridgehead atoms. The van der Waals surface area contributed by atoms with E-state index in [1.165, 1.54) is 49.5 Å². The normalized spacial score (nSPS) is 15.9. The first-order valence-electron chi connectivity index (χ1n) is 11.0. The molecule has 0 spiro atoms. The number of nitrogens with zero attached hydrogens (tertiary/aromatic N) is 1. The van der Waals surface area contributed by atoms with Crippen LogP contribution >= 0.6 is 0 Å². The first-order valence-corrected chi connectivity index (χ1v) is 11.0. The molecule has 1 unspecified atom stereocenters. The van der Waals surface area contributed by atoms with Gasteiger partial charge in [0.2, 0.25) is 0 Å². The van der Waals surface area contributed by atoms with Gasteiger partial charge in [-0.25, -0.2) is 0 Å². The Bertz CT molecular complexity index is 1630. The van der Waals surface area contributed by atoms with Gasteiger partial charge in [0.05, 0.1) is 11.4 Å². The van der Waals surface area contributed by atoms with E-state index >= 15 is 0 Å². The molecule has 5 aromatic rings. The highest BCUT2D eigenvalue weighted by Gasteiger charge is 2.36. The monoisotopic (exact) mass is 405 g/mol. The van der Waals surface area contributed by atoms with Gasteiger partial charge >= 0.3 is 0 Å². The van der Waals surface area contributed by atoms with Crippen LogP contribution in [0.25, 0.3) is 38.4 Å². The van der Waals surface area contributed by atoms with E-state index in [0.717, 1.165) is 5.70 Å². The lowest BCUT2D eigenvalue weighted by atomic mass is 9.80. The molecule has 32 heavy (non-hydrogen) atoms. The fraction of sp³-hybridized carbons (Fsp3) is 0.0323. The quantitative estimate of drug-likeness (QED) is 0.205. The second-order valence-corrected chi connectivity index (χ2v) is 8.35. The van der Waals surface area contributed by atoms with Crippen molar-refractivity contribution >= 4 is 32.9 Å².